The van der Waals surface area contributed by atoms with Gasteiger partial charge in [-0.15, -0.1) is 0 Å². The Morgan fingerprint density at radius 3 is 2.62 bits per heavy atom. The summed E-state index contributed by atoms with van der Waals surface area (Å²) in [5.74, 6) is -2.40. The first-order chi connectivity index (χ1) is 16.1. The summed E-state index contributed by atoms with van der Waals surface area (Å²) in [5, 5.41) is 11.1. The van der Waals surface area contributed by atoms with Crippen LogP contribution in [0.4, 0.5) is 4.39 Å². The quantitative estimate of drug-likeness (QED) is 0.562. The molecule has 32 heavy (non-hydrogen) atoms. The van der Waals surface area contributed by atoms with Crippen LogP contribution in [0.1, 0.15) is 75.6 Å². The van der Waals surface area contributed by atoms with Crippen LogP contribution in [0.3, 0.4) is 0 Å². The number of carbonyl (C=O) groups excluding carboxylic acids is 2. The van der Waals surface area contributed by atoms with Gasteiger partial charge in [0.2, 0.25) is 0 Å². The standard InChI is InChI=1S/C24H30BFN2O4/c1-7-19(24(4,5)6)28(23(30)17-11-14(2)10-15(3)12-17)27-22(29)18-9-8-16-13-32-25(31)20(16)21(18)26/h8-12,19,31H,7,13H2,1-6H3,(H,27,29)/t19-/m0/s1/i2D3. The lowest BCUT2D eigenvalue weighted by atomic mass is 9.78. The van der Waals surface area contributed by atoms with Gasteiger partial charge in [0, 0.05) is 15.1 Å². The Hall–Kier alpha value is -2.71. The van der Waals surface area contributed by atoms with Gasteiger partial charge < -0.3 is 9.68 Å². The largest absolute Gasteiger partial charge is 0.494 e. The highest BCUT2D eigenvalue weighted by atomic mass is 19.1. The zero-order valence-corrected chi connectivity index (χ0v) is 19.0. The van der Waals surface area contributed by atoms with Gasteiger partial charge in [-0.2, -0.15) is 0 Å². The van der Waals surface area contributed by atoms with E-state index < -0.39 is 43.1 Å². The second-order valence-electron chi connectivity index (χ2n) is 9.16. The lowest BCUT2D eigenvalue weighted by molar-refractivity contribution is 0.0283. The molecule has 0 saturated heterocycles. The van der Waals surface area contributed by atoms with E-state index in [-0.39, 0.29) is 28.8 Å². The van der Waals surface area contributed by atoms with Crippen molar-refractivity contribution in [3.05, 3.63) is 64.0 Å². The Bertz CT molecular complexity index is 1150. The minimum Gasteiger partial charge on any atom is -0.423 e. The Labute approximate surface area is 193 Å². The van der Waals surface area contributed by atoms with Crippen LogP contribution in [0.25, 0.3) is 0 Å². The molecular formula is C24H30BFN2O4. The van der Waals surface area contributed by atoms with Gasteiger partial charge in [-0.05, 0) is 49.4 Å². The fourth-order valence-electron chi connectivity index (χ4n) is 4.12. The Morgan fingerprint density at radius 1 is 1.31 bits per heavy atom. The van der Waals surface area contributed by atoms with Gasteiger partial charge in [-0.3, -0.25) is 15.0 Å². The van der Waals surface area contributed by atoms with Crippen LogP contribution in [-0.2, 0) is 11.3 Å². The van der Waals surface area contributed by atoms with E-state index in [4.69, 9.17) is 8.77 Å². The smallest absolute Gasteiger partial charge is 0.423 e. The van der Waals surface area contributed by atoms with E-state index >= 15 is 4.39 Å². The summed E-state index contributed by atoms with van der Waals surface area (Å²) >= 11 is 0. The third-order valence-corrected chi connectivity index (χ3v) is 5.62. The molecule has 6 nitrogen and oxygen atoms in total. The predicted molar refractivity (Wildman–Crippen MR) is 122 cm³/mol. The second-order valence-corrected chi connectivity index (χ2v) is 9.16. The minimum atomic E-state index is -2.42. The van der Waals surface area contributed by atoms with Crippen molar-refractivity contribution in [1.82, 2.24) is 10.4 Å². The normalized spacial score (nSPS) is 16.0. The molecule has 0 fully saturated rings. The highest BCUT2D eigenvalue weighted by molar-refractivity contribution is 6.61. The van der Waals surface area contributed by atoms with Crippen LogP contribution in [0.15, 0.2) is 30.3 Å². The molecule has 2 aromatic carbocycles. The Kier molecular flexibility index (Phi) is 5.63. The fraction of sp³-hybridized carbons (Fsp3) is 0.417. The summed E-state index contributed by atoms with van der Waals surface area (Å²) < 4.78 is 43.4. The SMILES string of the molecule is [2H]C([2H])([2H])c1cc(C)cc(C(=O)N(NC(=O)c2ccc3c(c2F)B(O)OC3)[C@@H](CC)C(C)(C)C)c1. The van der Waals surface area contributed by atoms with Crippen molar-refractivity contribution in [1.29, 1.82) is 0 Å². The lowest BCUT2D eigenvalue weighted by Gasteiger charge is -2.39. The highest BCUT2D eigenvalue weighted by Gasteiger charge is 2.37. The first-order valence-corrected chi connectivity index (χ1v) is 10.5. The van der Waals surface area contributed by atoms with Crippen LogP contribution in [0, 0.1) is 25.0 Å². The molecule has 1 heterocycles. The fourth-order valence-corrected chi connectivity index (χ4v) is 4.12. The molecule has 1 atom stereocenters. The van der Waals surface area contributed by atoms with Gasteiger partial charge in [0.1, 0.15) is 5.82 Å². The molecule has 0 aromatic heterocycles. The number of nitrogens with one attached hydrogen (secondary N) is 1. The molecule has 1 aliphatic heterocycles. The van der Waals surface area contributed by atoms with E-state index in [2.05, 4.69) is 5.43 Å². The number of benzene rings is 2. The maximum atomic E-state index is 15.1. The van der Waals surface area contributed by atoms with Crippen LogP contribution in [0.5, 0.6) is 0 Å². The molecule has 2 amide bonds. The molecule has 0 spiro atoms. The van der Waals surface area contributed by atoms with Gasteiger partial charge in [0.25, 0.3) is 11.8 Å². The highest BCUT2D eigenvalue weighted by Crippen LogP contribution is 2.28. The minimum absolute atomic E-state index is 0.00888. The van der Waals surface area contributed by atoms with Gasteiger partial charge in [-0.1, -0.05) is 51.0 Å². The van der Waals surface area contributed by atoms with Gasteiger partial charge in [-0.25, -0.2) is 9.40 Å². The molecular weight excluding hydrogens is 410 g/mol. The summed E-state index contributed by atoms with van der Waals surface area (Å²) in [4.78, 5) is 26.9. The predicted octanol–water partition coefficient (Wildman–Crippen LogP) is 3.27. The van der Waals surface area contributed by atoms with Crippen molar-refractivity contribution in [3.63, 3.8) is 0 Å². The summed E-state index contributed by atoms with van der Waals surface area (Å²) in [5.41, 5.74) is 2.76. The molecule has 0 unspecified atom stereocenters. The molecule has 8 heteroatoms. The van der Waals surface area contributed by atoms with Crippen LogP contribution >= 0.6 is 0 Å². The van der Waals surface area contributed by atoms with Gasteiger partial charge >= 0.3 is 7.12 Å². The van der Waals surface area contributed by atoms with Crippen molar-refractivity contribution >= 4 is 24.4 Å². The number of hydrazine groups is 1. The van der Waals surface area contributed by atoms with E-state index in [1.807, 2.05) is 27.7 Å². The topological polar surface area (TPSA) is 78.9 Å². The first-order valence-electron chi connectivity index (χ1n) is 12.0. The van der Waals surface area contributed by atoms with Crippen molar-refractivity contribution in [2.75, 3.05) is 0 Å². The summed E-state index contributed by atoms with van der Waals surface area (Å²) in [7, 11) is -1.47. The number of rotatable bonds is 4. The average molecular weight is 443 g/mol. The number of hydrogen-bond donors (Lipinski definition) is 2. The molecule has 2 aromatic rings. The maximum absolute atomic E-state index is 15.1. The summed E-state index contributed by atoms with van der Waals surface area (Å²) in [6, 6.07) is 6.62. The van der Waals surface area contributed by atoms with Crippen molar-refractivity contribution in [2.45, 2.75) is 60.5 Å². The first kappa shape index (κ1) is 19.9. The van der Waals surface area contributed by atoms with Crippen molar-refractivity contribution in [3.8, 4) is 0 Å². The van der Waals surface area contributed by atoms with E-state index in [1.54, 1.807) is 13.0 Å². The van der Waals surface area contributed by atoms with Crippen molar-refractivity contribution < 1.29 is 27.8 Å². The second kappa shape index (κ2) is 9.04. The molecule has 1 aliphatic rings. The molecule has 3 rings (SSSR count). The van der Waals surface area contributed by atoms with E-state index in [0.29, 0.717) is 17.5 Å². The number of fused-ring (bicyclic) bond motifs is 1. The van der Waals surface area contributed by atoms with Crippen LogP contribution in [-0.4, -0.2) is 35.0 Å². The third-order valence-electron chi connectivity index (χ3n) is 5.62. The van der Waals surface area contributed by atoms with E-state index in [0.717, 1.165) is 5.01 Å². The van der Waals surface area contributed by atoms with Gasteiger partial charge in [0.05, 0.1) is 18.2 Å². The number of aryl methyl sites for hydroxylation is 2. The monoisotopic (exact) mass is 443 g/mol. The Balaban J connectivity index is 2.04. The van der Waals surface area contributed by atoms with Gasteiger partial charge in [0.15, 0.2) is 0 Å². The number of amides is 2. The number of hydrogen-bond acceptors (Lipinski definition) is 4. The molecule has 170 valence electrons. The zero-order chi connectivity index (χ0) is 26.3. The summed E-state index contributed by atoms with van der Waals surface area (Å²) in [6.07, 6.45) is 0.465. The molecule has 0 saturated carbocycles. The summed E-state index contributed by atoms with van der Waals surface area (Å²) in [6.45, 7) is 6.87. The Morgan fingerprint density at radius 2 is 2.00 bits per heavy atom. The number of nitrogens with zero attached hydrogens (tertiary/aromatic N) is 1. The molecule has 0 radical (unpaired) electrons. The lowest BCUT2D eigenvalue weighted by Crippen LogP contribution is -2.56. The number of carbonyl (C=O) groups is 2. The molecule has 2 N–H and O–H groups in total. The van der Waals surface area contributed by atoms with E-state index in [9.17, 15) is 14.6 Å². The molecule has 0 bridgehead atoms. The number of halogens is 1. The maximum Gasteiger partial charge on any atom is 0.494 e. The van der Waals surface area contributed by atoms with E-state index in [1.165, 1.54) is 24.3 Å². The zero-order valence-electron chi connectivity index (χ0n) is 22.0. The van der Waals surface area contributed by atoms with Crippen LogP contribution in [0.2, 0.25) is 0 Å². The average Bonchev–Trinajstić information content (AvgIpc) is 3.12. The van der Waals surface area contributed by atoms with Crippen LogP contribution < -0.4 is 10.9 Å². The third kappa shape index (κ3) is 4.71. The van der Waals surface area contributed by atoms with Crippen molar-refractivity contribution in [2.24, 2.45) is 5.41 Å². The molecule has 0 aliphatic carbocycles.